The number of hydrogen-bond donors (Lipinski definition) is 3. The van der Waals surface area contributed by atoms with Crippen LogP contribution in [0.4, 0.5) is 9.80 Å². The van der Waals surface area contributed by atoms with Gasteiger partial charge in [0.05, 0.1) is 5.56 Å². The third-order valence-electron chi connectivity index (χ3n) is 3.18. The zero-order valence-electron chi connectivity index (χ0n) is 9.88. The lowest BCUT2D eigenvalue weighted by atomic mass is 10.1. The fraction of sp³-hybridized carbons (Fsp3) is 0.500. The molecule has 3 rings (SSSR count). The molecule has 1 aliphatic heterocycles. The molecule has 1 aliphatic carbocycles. The first-order chi connectivity index (χ1) is 8.78. The molecule has 2 heterocycles. The van der Waals surface area contributed by atoms with Crippen LogP contribution in [0.1, 0.15) is 28.8 Å². The van der Waals surface area contributed by atoms with Crippen molar-refractivity contribution in [2.45, 2.75) is 31.8 Å². The number of fused-ring (bicyclic) bond motifs is 1. The molecule has 1 fully saturated rings. The van der Waals surface area contributed by atoms with Crippen LogP contribution in [-0.4, -0.2) is 18.6 Å². The van der Waals surface area contributed by atoms with E-state index < -0.39 is 0 Å². The standard InChI is InChI=1S/C12H14N4OS/c13-5-9-8-3-4-14-6-10(8)18-11(9)16-12(17)15-7-1-2-7/h7,14H,1-4,6H2,(H2,15,16,17). The van der Waals surface area contributed by atoms with Gasteiger partial charge in [-0.15, -0.1) is 11.3 Å². The molecule has 1 aromatic rings. The van der Waals surface area contributed by atoms with Gasteiger partial charge >= 0.3 is 6.03 Å². The monoisotopic (exact) mass is 262 g/mol. The Bertz CT molecular complexity index is 527. The SMILES string of the molecule is N#Cc1c(NC(=O)NC2CC2)sc2c1CCNC2. The maximum absolute atomic E-state index is 11.7. The Labute approximate surface area is 109 Å². The quantitative estimate of drug-likeness (QED) is 0.756. The van der Waals surface area contributed by atoms with E-state index in [1.165, 1.54) is 16.2 Å². The first kappa shape index (κ1) is 11.5. The number of nitrogens with one attached hydrogen (secondary N) is 3. The average molecular weight is 262 g/mol. The summed E-state index contributed by atoms with van der Waals surface area (Å²) in [5.74, 6) is 0. The van der Waals surface area contributed by atoms with Crippen LogP contribution in [0.25, 0.3) is 0 Å². The zero-order chi connectivity index (χ0) is 12.5. The maximum Gasteiger partial charge on any atom is 0.320 e. The van der Waals surface area contributed by atoms with Gasteiger partial charge < -0.3 is 10.6 Å². The van der Waals surface area contributed by atoms with Crippen LogP contribution in [0.5, 0.6) is 0 Å². The summed E-state index contributed by atoms with van der Waals surface area (Å²) in [6, 6.07) is 2.35. The van der Waals surface area contributed by atoms with Gasteiger partial charge in [-0.1, -0.05) is 0 Å². The van der Waals surface area contributed by atoms with E-state index >= 15 is 0 Å². The lowest BCUT2D eigenvalue weighted by molar-refractivity contribution is 0.252. The molecule has 0 saturated heterocycles. The van der Waals surface area contributed by atoms with Crippen molar-refractivity contribution in [2.24, 2.45) is 0 Å². The van der Waals surface area contributed by atoms with Gasteiger partial charge in [0.2, 0.25) is 0 Å². The summed E-state index contributed by atoms with van der Waals surface area (Å²) in [4.78, 5) is 12.9. The van der Waals surface area contributed by atoms with Gasteiger partial charge in [-0.2, -0.15) is 5.26 Å². The first-order valence-electron chi connectivity index (χ1n) is 6.11. The number of amides is 2. The van der Waals surface area contributed by atoms with Crippen molar-refractivity contribution in [2.75, 3.05) is 11.9 Å². The summed E-state index contributed by atoms with van der Waals surface area (Å²) in [5.41, 5.74) is 1.74. The van der Waals surface area contributed by atoms with Crippen molar-refractivity contribution < 1.29 is 4.79 Å². The smallest absolute Gasteiger partial charge is 0.320 e. The molecule has 5 nitrogen and oxygen atoms in total. The van der Waals surface area contributed by atoms with Crippen molar-refractivity contribution in [3.8, 4) is 6.07 Å². The number of urea groups is 1. The molecule has 0 atom stereocenters. The van der Waals surface area contributed by atoms with Crippen LogP contribution < -0.4 is 16.0 Å². The second-order valence-electron chi connectivity index (χ2n) is 4.62. The minimum Gasteiger partial charge on any atom is -0.335 e. The Hall–Kier alpha value is -1.58. The van der Waals surface area contributed by atoms with Gasteiger partial charge in [0, 0.05) is 17.5 Å². The first-order valence-corrected chi connectivity index (χ1v) is 6.92. The number of nitriles is 1. The minimum absolute atomic E-state index is 0.194. The van der Waals surface area contributed by atoms with Gasteiger partial charge in [0.15, 0.2) is 0 Å². The Balaban J connectivity index is 1.80. The van der Waals surface area contributed by atoms with Crippen LogP contribution in [0.15, 0.2) is 0 Å². The Morgan fingerprint density at radius 2 is 2.33 bits per heavy atom. The second kappa shape index (κ2) is 4.59. The summed E-state index contributed by atoms with van der Waals surface area (Å²) in [7, 11) is 0. The molecule has 6 heteroatoms. The number of thiophene rings is 1. The normalized spacial score (nSPS) is 17.7. The zero-order valence-corrected chi connectivity index (χ0v) is 10.7. The minimum atomic E-state index is -0.194. The van der Waals surface area contributed by atoms with Crippen LogP contribution in [0, 0.1) is 11.3 Å². The van der Waals surface area contributed by atoms with Crippen LogP contribution in [0.3, 0.4) is 0 Å². The summed E-state index contributed by atoms with van der Waals surface area (Å²) in [5, 5.41) is 18.9. The number of carbonyl (C=O) groups excluding carboxylic acids is 1. The van der Waals surface area contributed by atoms with Crippen LogP contribution in [0.2, 0.25) is 0 Å². The molecule has 0 unspecified atom stereocenters. The predicted octanol–water partition coefficient (Wildman–Crippen LogP) is 1.55. The highest BCUT2D eigenvalue weighted by Crippen LogP contribution is 2.34. The van der Waals surface area contributed by atoms with E-state index in [4.69, 9.17) is 0 Å². The Morgan fingerprint density at radius 1 is 1.50 bits per heavy atom. The van der Waals surface area contributed by atoms with Crippen molar-refractivity contribution >= 4 is 22.4 Å². The third kappa shape index (κ3) is 2.19. The Morgan fingerprint density at radius 3 is 3.06 bits per heavy atom. The van der Waals surface area contributed by atoms with E-state index in [1.54, 1.807) is 0 Å². The Kier molecular flexibility index (Phi) is 2.94. The summed E-state index contributed by atoms with van der Waals surface area (Å²) >= 11 is 1.51. The van der Waals surface area contributed by atoms with Crippen molar-refractivity contribution in [1.29, 1.82) is 5.26 Å². The van der Waals surface area contributed by atoms with E-state index in [9.17, 15) is 10.1 Å². The molecule has 0 radical (unpaired) electrons. The third-order valence-corrected chi connectivity index (χ3v) is 4.33. The molecule has 3 N–H and O–H groups in total. The lowest BCUT2D eigenvalue weighted by Crippen LogP contribution is -2.30. The summed E-state index contributed by atoms with van der Waals surface area (Å²) in [6.45, 7) is 1.69. The molecule has 0 spiro atoms. The van der Waals surface area contributed by atoms with Crippen molar-refractivity contribution in [1.82, 2.24) is 10.6 Å². The van der Waals surface area contributed by atoms with Crippen molar-refractivity contribution in [3.63, 3.8) is 0 Å². The van der Waals surface area contributed by atoms with E-state index in [2.05, 4.69) is 22.0 Å². The number of nitrogens with zero attached hydrogens (tertiary/aromatic N) is 1. The molecule has 2 aliphatic rings. The van der Waals surface area contributed by atoms with Gasteiger partial charge in [0.1, 0.15) is 11.1 Å². The van der Waals surface area contributed by atoms with Gasteiger partial charge in [-0.25, -0.2) is 4.79 Å². The molecule has 0 bridgehead atoms. The average Bonchev–Trinajstić information content (AvgIpc) is 3.09. The fourth-order valence-corrected chi connectivity index (χ4v) is 3.26. The number of rotatable bonds is 2. The van der Waals surface area contributed by atoms with Gasteiger partial charge in [-0.05, 0) is 31.4 Å². The van der Waals surface area contributed by atoms with E-state index in [0.29, 0.717) is 16.6 Å². The maximum atomic E-state index is 11.7. The lowest BCUT2D eigenvalue weighted by Gasteiger charge is -2.11. The highest BCUT2D eigenvalue weighted by molar-refractivity contribution is 7.16. The van der Waals surface area contributed by atoms with E-state index in [-0.39, 0.29) is 6.03 Å². The summed E-state index contributed by atoms with van der Waals surface area (Å²) in [6.07, 6.45) is 2.98. The second-order valence-corrected chi connectivity index (χ2v) is 5.72. The van der Waals surface area contributed by atoms with Gasteiger partial charge in [-0.3, -0.25) is 5.32 Å². The van der Waals surface area contributed by atoms with E-state index in [0.717, 1.165) is 37.9 Å². The molecular formula is C12H14N4OS. The molecule has 2 amide bonds. The van der Waals surface area contributed by atoms with Crippen LogP contribution in [-0.2, 0) is 13.0 Å². The van der Waals surface area contributed by atoms with Gasteiger partial charge in [0.25, 0.3) is 0 Å². The van der Waals surface area contributed by atoms with Crippen LogP contribution >= 0.6 is 11.3 Å². The summed E-state index contributed by atoms with van der Waals surface area (Å²) < 4.78 is 0. The molecule has 1 saturated carbocycles. The van der Waals surface area contributed by atoms with Crippen molar-refractivity contribution in [3.05, 3.63) is 16.0 Å². The number of anilines is 1. The molecule has 0 aromatic carbocycles. The number of hydrogen-bond acceptors (Lipinski definition) is 4. The topological polar surface area (TPSA) is 77.0 Å². The molecule has 1 aromatic heterocycles. The largest absolute Gasteiger partial charge is 0.335 e. The molecule has 94 valence electrons. The molecule has 18 heavy (non-hydrogen) atoms. The fourth-order valence-electron chi connectivity index (χ4n) is 2.09. The highest BCUT2D eigenvalue weighted by Gasteiger charge is 2.25. The number of carbonyl (C=O) groups is 1. The highest BCUT2D eigenvalue weighted by atomic mass is 32.1. The molecular weight excluding hydrogens is 248 g/mol. The van der Waals surface area contributed by atoms with E-state index in [1.807, 2.05) is 0 Å². The predicted molar refractivity (Wildman–Crippen MR) is 69.6 cm³/mol.